The van der Waals surface area contributed by atoms with E-state index in [0.29, 0.717) is 12.2 Å². The second-order valence-electron chi connectivity index (χ2n) is 4.67. The number of carbonyl (C=O) groups is 1. The third-order valence-electron chi connectivity index (χ3n) is 3.26. The Morgan fingerprint density at radius 3 is 2.79 bits per heavy atom. The van der Waals surface area contributed by atoms with Gasteiger partial charge in [-0.15, -0.1) is 0 Å². The van der Waals surface area contributed by atoms with Crippen molar-refractivity contribution >= 4 is 17.3 Å². The van der Waals surface area contributed by atoms with Crippen LogP contribution >= 0.6 is 0 Å². The minimum absolute atomic E-state index is 0.0178. The van der Waals surface area contributed by atoms with Gasteiger partial charge < -0.3 is 16.4 Å². The molecule has 0 bridgehead atoms. The summed E-state index contributed by atoms with van der Waals surface area (Å²) < 4.78 is 0. The van der Waals surface area contributed by atoms with Crippen molar-refractivity contribution in [3.05, 3.63) is 33.9 Å². The number of primary amides is 1. The number of benzene rings is 1. The molecule has 4 N–H and O–H groups in total. The van der Waals surface area contributed by atoms with Crippen molar-refractivity contribution in [2.75, 3.05) is 18.0 Å². The number of hydrogen-bond donors (Lipinski definition) is 2. The first kappa shape index (κ1) is 13.3. The predicted molar refractivity (Wildman–Crippen MR) is 71.0 cm³/mol. The van der Waals surface area contributed by atoms with Gasteiger partial charge in [0.2, 0.25) is 5.91 Å². The standard InChI is InChI=1S/C12H16N4O3/c13-9-2-1-5-15(7-9)10-4-3-8(12(14)17)6-11(10)16(18)19/h3-4,6,9H,1-2,5,7,13H2,(H2,14,17)/t9-/m1/s1. The second kappa shape index (κ2) is 5.23. The van der Waals surface area contributed by atoms with Crippen molar-refractivity contribution in [2.24, 2.45) is 11.5 Å². The van der Waals surface area contributed by atoms with Crippen LogP contribution in [0.3, 0.4) is 0 Å². The van der Waals surface area contributed by atoms with Gasteiger partial charge in [-0.25, -0.2) is 0 Å². The van der Waals surface area contributed by atoms with Gasteiger partial charge in [-0.2, -0.15) is 0 Å². The number of anilines is 1. The number of hydrogen-bond acceptors (Lipinski definition) is 5. The Balaban J connectivity index is 2.38. The van der Waals surface area contributed by atoms with Crippen molar-refractivity contribution in [2.45, 2.75) is 18.9 Å². The number of piperidine rings is 1. The number of nitro groups is 1. The van der Waals surface area contributed by atoms with Crippen molar-refractivity contribution < 1.29 is 9.72 Å². The van der Waals surface area contributed by atoms with E-state index < -0.39 is 10.8 Å². The molecule has 7 heteroatoms. The molecular weight excluding hydrogens is 248 g/mol. The van der Waals surface area contributed by atoms with E-state index in [0.717, 1.165) is 19.4 Å². The van der Waals surface area contributed by atoms with E-state index in [1.165, 1.54) is 12.1 Å². The van der Waals surface area contributed by atoms with Crippen LogP contribution in [-0.2, 0) is 0 Å². The largest absolute Gasteiger partial charge is 0.366 e. The minimum atomic E-state index is -0.676. The third-order valence-corrected chi connectivity index (χ3v) is 3.26. The van der Waals surface area contributed by atoms with Crippen LogP contribution < -0.4 is 16.4 Å². The fourth-order valence-electron chi connectivity index (χ4n) is 2.32. The van der Waals surface area contributed by atoms with Crippen molar-refractivity contribution in [1.29, 1.82) is 0 Å². The maximum atomic E-state index is 11.1. The topological polar surface area (TPSA) is 115 Å². The lowest BCUT2D eigenvalue weighted by atomic mass is 10.0. The number of carbonyl (C=O) groups excluding carboxylic acids is 1. The van der Waals surface area contributed by atoms with E-state index in [2.05, 4.69) is 0 Å². The zero-order valence-electron chi connectivity index (χ0n) is 10.4. The van der Waals surface area contributed by atoms with Gasteiger partial charge in [0.05, 0.1) is 4.92 Å². The highest BCUT2D eigenvalue weighted by Gasteiger charge is 2.24. The molecule has 1 aliphatic rings. The fraction of sp³-hybridized carbons (Fsp3) is 0.417. The minimum Gasteiger partial charge on any atom is -0.366 e. The molecule has 0 aromatic heterocycles. The van der Waals surface area contributed by atoms with Crippen LogP contribution in [0.15, 0.2) is 18.2 Å². The highest BCUT2D eigenvalue weighted by Crippen LogP contribution is 2.31. The maximum Gasteiger partial charge on any atom is 0.293 e. The van der Waals surface area contributed by atoms with Crippen LogP contribution in [0, 0.1) is 10.1 Å². The molecular formula is C12H16N4O3. The molecule has 7 nitrogen and oxygen atoms in total. The average Bonchev–Trinajstić information content (AvgIpc) is 2.37. The van der Waals surface area contributed by atoms with E-state index in [4.69, 9.17) is 11.5 Å². The third kappa shape index (κ3) is 2.82. The molecule has 102 valence electrons. The maximum absolute atomic E-state index is 11.1. The summed E-state index contributed by atoms with van der Waals surface area (Å²) in [5.74, 6) is -0.676. The molecule has 0 aliphatic carbocycles. The zero-order valence-corrected chi connectivity index (χ0v) is 10.4. The molecule has 1 heterocycles. The van der Waals surface area contributed by atoms with Crippen molar-refractivity contribution in [3.8, 4) is 0 Å². The molecule has 1 aromatic carbocycles. The normalized spacial score (nSPS) is 19.2. The van der Waals surface area contributed by atoms with Crippen LogP contribution in [-0.4, -0.2) is 30.0 Å². The first-order valence-corrected chi connectivity index (χ1v) is 6.08. The number of nitro benzene ring substituents is 1. The number of rotatable bonds is 3. The van der Waals surface area contributed by atoms with Gasteiger partial charge in [0, 0.05) is 30.8 Å². The van der Waals surface area contributed by atoms with E-state index >= 15 is 0 Å². The molecule has 1 atom stereocenters. The Morgan fingerprint density at radius 1 is 1.47 bits per heavy atom. The molecule has 1 fully saturated rings. The Hall–Kier alpha value is -2.15. The summed E-state index contributed by atoms with van der Waals surface area (Å²) >= 11 is 0. The molecule has 2 rings (SSSR count). The quantitative estimate of drug-likeness (QED) is 0.613. The molecule has 1 saturated heterocycles. The molecule has 1 amide bonds. The molecule has 0 saturated carbocycles. The number of nitrogens with zero attached hydrogens (tertiary/aromatic N) is 2. The summed E-state index contributed by atoms with van der Waals surface area (Å²) in [6.07, 6.45) is 1.82. The summed E-state index contributed by atoms with van der Waals surface area (Å²) in [5, 5.41) is 11.1. The molecule has 1 aromatic rings. The van der Waals surface area contributed by atoms with E-state index in [1.807, 2.05) is 4.90 Å². The van der Waals surface area contributed by atoms with Crippen LogP contribution in [0.4, 0.5) is 11.4 Å². The van der Waals surface area contributed by atoms with Crippen LogP contribution in [0.25, 0.3) is 0 Å². The lowest BCUT2D eigenvalue weighted by molar-refractivity contribution is -0.384. The lowest BCUT2D eigenvalue weighted by Gasteiger charge is -2.32. The Morgan fingerprint density at radius 2 is 2.21 bits per heavy atom. The highest BCUT2D eigenvalue weighted by molar-refractivity contribution is 5.94. The number of amides is 1. The summed E-state index contributed by atoms with van der Waals surface area (Å²) in [7, 11) is 0. The van der Waals surface area contributed by atoms with Crippen LogP contribution in [0.1, 0.15) is 23.2 Å². The summed E-state index contributed by atoms with van der Waals surface area (Å²) in [5.41, 5.74) is 11.5. The van der Waals surface area contributed by atoms with Gasteiger partial charge in [-0.05, 0) is 25.0 Å². The summed E-state index contributed by atoms with van der Waals surface area (Å²) in [6.45, 7) is 1.31. The van der Waals surface area contributed by atoms with Gasteiger partial charge in [0.15, 0.2) is 0 Å². The van der Waals surface area contributed by atoms with Crippen LogP contribution in [0.5, 0.6) is 0 Å². The van der Waals surface area contributed by atoms with Gasteiger partial charge in [0.25, 0.3) is 5.69 Å². The molecule has 0 radical (unpaired) electrons. The fourth-order valence-corrected chi connectivity index (χ4v) is 2.32. The van der Waals surface area contributed by atoms with Gasteiger partial charge in [-0.3, -0.25) is 14.9 Å². The van der Waals surface area contributed by atoms with Crippen molar-refractivity contribution in [3.63, 3.8) is 0 Å². The van der Waals surface area contributed by atoms with E-state index in [1.54, 1.807) is 6.07 Å². The Bertz CT molecular complexity index is 518. The van der Waals surface area contributed by atoms with Gasteiger partial charge >= 0.3 is 0 Å². The first-order chi connectivity index (χ1) is 8.99. The number of nitrogens with two attached hydrogens (primary N) is 2. The van der Waals surface area contributed by atoms with Crippen LogP contribution in [0.2, 0.25) is 0 Å². The highest BCUT2D eigenvalue weighted by atomic mass is 16.6. The average molecular weight is 264 g/mol. The molecule has 19 heavy (non-hydrogen) atoms. The molecule has 0 unspecified atom stereocenters. The molecule has 1 aliphatic heterocycles. The molecule has 0 spiro atoms. The Labute approximate surface area is 110 Å². The predicted octanol–water partition coefficient (Wildman–Crippen LogP) is 0.621. The zero-order chi connectivity index (χ0) is 14.0. The Kier molecular flexibility index (Phi) is 3.66. The van der Waals surface area contributed by atoms with E-state index in [9.17, 15) is 14.9 Å². The van der Waals surface area contributed by atoms with Crippen molar-refractivity contribution in [1.82, 2.24) is 0 Å². The van der Waals surface area contributed by atoms with Gasteiger partial charge in [0.1, 0.15) is 5.69 Å². The SMILES string of the molecule is NC(=O)c1ccc(N2CCC[C@@H](N)C2)c([N+](=O)[O-])c1. The van der Waals surface area contributed by atoms with E-state index in [-0.39, 0.29) is 17.3 Å². The lowest BCUT2D eigenvalue weighted by Crippen LogP contribution is -2.43. The van der Waals surface area contributed by atoms with Gasteiger partial charge in [-0.1, -0.05) is 0 Å². The summed E-state index contributed by atoms with van der Waals surface area (Å²) in [6, 6.07) is 4.31. The summed E-state index contributed by atoms with van der Waals surface area (Å²) in [4.78, 5) is 23.6. The first-order valence-electron chi connectivity index (χ1n) is 6.08. The smallest absolute Gasteiger partial charge is 0.293 e. The monoisotopic (exact) mass is 264 g/mol. The second-order valence-corrected chi connectivity index (χ2v) is 4.67.